The molecule has 90 valence electrons. The molecule has 0 aromatic carbocycles. The molecule has 0 fully saturated rings. The molecular formula is C7H8Cl2FN2O2PS. The molecule has 1 unspecified atom stereocenters. The van der Waals surface area contributed by atoms with Gasteiger partial charge in [0.1, 0.15) is 5.02 Å². The van der Waals surface area contributed by atoms with Crippen LogP contribution in [0.5, 0.6) is 5.88 Å². The van der Waals surface area contributed by atoms with Gasteiger partial charge in [0.2, 0.25) is 11.8 Å². The number of hydrogen-bond donors (Lipinski definition) is 1. The Hall–Kier alpha value is 0.0300. The minimum atomic E-state index is -2.74. The predicted octanol–water partition coefficient (Wildman–Crippen LogP) is 3.00. The maximum Gasteiger partial charge on any atom is 0.313 e. The van der Waals surface area contributed by atoms with Crippen molar-refractivity contribution in [3.8, 4) is 5.88 Å². The van der Waals surface area contributed by atoms with Crippen LogP contribution in [0.3, 0.4) is 0 Å². The molecule has 0 spiro atoms. The molecular weight excluding hydrogens is 297 g/mol. The van der Waals surface area contributed by atoms with Gasteiger partial charge in [0.25, 0.3) is 0 Å². The van der Waals surface area contributed by atoms with Gasteiger partial charge in [-0.2, -0.15) is 9.37 Å². The molecule has 1 atom stereocenters. The van der Waals surface area contributed by atoms with Gasteiger partial charge in [-0.3, -0.25) is 0 Å². The molecule has 1 aromatic heterocycles. The second kappa shape index (κ2) is 5.58. The summed E-state index contributed by atoms with van der Waals surface area (Å²) in [5.74, 6) is -1.03. The van der Waals surface area contributed by atoms with E-state index >= 15 is 0 Å². The molecule has 0 radical (unpaired) electrons. The van der Waals surface area contributed by atoms with Crippen molar-refractivity contribution in [2.45, 2.75) is 0 Å². The summed E-state index contributed by atoms with van der Waals surface area (Å²) in [6.45, 7) is -2.74. The molecule has 0 aliphatic heterocycles. The predicted molar refractivity (Wildman–Crippen MR) is 65.2 cm³/mol. The molecule has 9 heteroatoms. The zero-order chi connectivity index (χ0) is 12.3. The third-order valence-electron chi connectivity index (χ3n) is 1.58. The largest absolute Gasteiger partial charge is 0.413 e. The number of pyridine rings is 1. The minimum absolute atomic E-state index is 0.0629. The number of nitrogens with zero attached hydrogens (tertiary/aromatic N) is 1. The van der Waals surface area contributed by atoms with E-state index in [1.807, 2.05) is 0 Å². The Bertz CT molecular complexity index is 441. The summed E-state index contributed by atoms with van der Waals surface area (Å²) >= 11 is 16.3. The maximum absolute atomic E-state index is 13.1. The van der Waals surface area contributed by atoms with Crippen LogP contribution in [0.15, 0.2) is 6.07 Å². The monoisotopic (exact) mass is 304 g/mol. The fourth-order valence-corrected chi connectivity index (χ4v) is 2.16. The summed E-state index contributed by atoms with van der Waals surface area (Å²) in [4.78, 5) is 3.44. The lowest BCUT2D eigenvalue weighted by Gasteiger charge is -2.19. The van der Waals surface area contributed by atoms with Gasteiger partial charge in [0.05, 0.1) is 5.02 Å². The molecule has 16 heavy (non-hydrogen) atoms. The number of rotatable bonds is 4. The minimum Gasteiger partial charge on any atom is -0.413 e. The molecule has 0 saturated heterocycles. The SMILES string of the molecule is CNP(=S)(OC)Oc1nc(F)c(Cl)cc1Cl. The first-order chi connectivity index (χ1) is 7.41. The van der Waals surface area contributed by atoms with Crippen LogP contribution in [-0.4, -0.2) is 19.1 Å². The van der Waals surface area contributed by atoms with Gasteiger partial charge in [-0.05, 0) is 24.9 Å². The topological polar surface area (TPSA) is 43.4 Å². The van der Waals surface area contributed by atoms with Crippen LogP contribution in [0.1, 0.15) is 0 Å². The lowest BCUT2D eigenvalue weighted by atomic mass is 10.5. The number of halogens is 3. The molecule has 4 nitrogen and oxygen atoms in total. The lowest BCUT2D eigenvalue weighted by Crippen LogP contribution is -2.11. The molecule has 1 aromatic rings. The van der Waals surface area contributed by atoms with Crippen molar-refractivity contribution in [3.05, 3.63) is 22.1 Å². The van der Waals surface area contributed by atoms with Crippen LogP contribution in [0.4, 0.5) is 4.39 Å². The Kier molecular flexibility index (Phi) is 4.91. The first kappa shape index (κ1) is 14.1. The van der Waals surface area contributed by atoms with Gasteiger partial charge < -0.3 is 9.05 Å². The van der Waals surface area contributed by atoms with Crippen LogP contribution < -0.4 is 9.61 Å². The molecule has 1 heterocycles. The Morgan fingerprint density at radius 2 is 2.12 bits per heavy atom. The average molecular weight is 305 g/mol. The van der Waals surface area contributed by atoms with Crippen molar-refractivity contribution in [2.24, 2.45) is 0 Å². The van der Waals surface area contributed by atoms with Gasteiger partial charge in [0.15, 0.2) is 0 Å². The molecule has 0 bridgehead atoms. The molecule has 1 rings (SSSR count). The summed E-state index contributed by atoms with van der Waals surface area (Å²) in [7, 11) is 2.93. The highest BCUT2D eigenvalue weighted by atomic mass is 35.5. The standard InChI is InChI=1S/C7H8Cl2FN2O2PS/c1-11-15(16,13-2)14-7-5(9)3-4(8)6(10)12-7/h3H,1-2H3,(H,11,16). The van der Waals surface area contributed by atoms with Crippen LogP contribution in [0.2, 0.25) is 10.0 Å². The van der Waals surface area contributed by atoms with E-state index in [1.54, 1.807) is 7.05 Å². The van der Waals surface area contributed by atoms with Gasteiger partial charge >= 0.3 is 6.64 Å². The van der Waals surface area contributed by atoms with Crippen LogP contribution >= 0.6 is 29.8 Å². The summed E-state index contributed by atoms with van der Waals surface area (Å²) in [5, 5.41) is 2.54. The third-order valence-corrected chi connectivity index (χ3v) is 4.77. The van der Waals surface area contributed by atoms with Crippen LogP contribution in [-0.2, 0) is 16.3 Å². The van der Waals surface area contributed by atoms with Gasteiger partial charge in [-0.1, -0.05) is 23.2 Å². The summed E-state index contributed by atoms with van der Waals surface area (Å²) in [6.07, 6.45) is 0. The fraction of sp³-hybridized carbons (Fsp3) is 0.286. The van der Waals surface area contributed by atoms with E-state index in [4.69, 9.17) is 44.1 Å². The molecule has 0 aliphatic carbocycles. The summed E-state index contributed by atoms with van der Waals surface area (Å²) in [6, 6.07) is 1.19. The van der Waals surface area contributed by atoms with Crippen molar-refractivity contribution >= 4 is 41.7 Å². The van der Waals surface area contributed by atoms with E-state index < -0.39 is 12.6 Å². The summed E-state index contributed by atoms with van der Waals surface area (Å²) < 4.78 is 23.3. The van der Waals surface area contributed by atoms with E-state index in [-0.39, 0.29) is 15.9 Å². The van der Waals surface area contributed by atoms with Crippen molar-refractivity contribution in [3.63, 3.8) is 0 Å². The second-order valence-electron chi connectivity index (χ2n) is 2.54. The highest BCUT2D eigenvalue weighted by Gasteiger charge is 2.20. The normalized spacial score (nSPS) is 14.6. The smallest absolute Gasteiger partial charge is 0.313 e. The van der Waals surface area contributed by atoms with Gasteiger partial charge in [-0.25, -0.2) is 5.09 Å². The average Bonchev–Trinajstić information content (AvgIpc) is 2.25. The molecule has 0 aliphatic rings. The molecule has 0 saturated carbocycles. The van der Waals surface area contributed by atoms with Gasteiger partial charge in [0, 0.05) is 7.11 Å². The van der Waals surface area contributed by atoms with Crippen molar-refractivity contribution < 1.29 is 13.4 Å². The lowest BCUT2D eigenvalue weighted by molar-refractivity contribution is 0.376. The highest BCUT2D eigenvalue weighted by molar-refractivity contribution is 8.09. The first-order valence-corrected chi connectivity index (χ1v) is 7.37. The Balaban J connectivity index is 3.06. The van der Waals surface area contributed by atoms with E-state index in [9.17, 15) is 4.39 Å². The number of nitrogens with one attached hydrogen (secondary N) is 1. The Morgan fingerprint density at radius 1 is 1.50 bits per heavy atom. The Labute approximate surface area is 107 Å². The Morgan fingerprint density at radius 3 is 2.62 bits per heavy atom. The van der Waals surface area contributed by atoms with Gasteiger partial charge in [-0.15, -0.1) is 0 Å². The number of aromatic nitrogens is 1. The fourth-order valence-electron chi connectivity index (χ4n) is 0.781. The summed E-state index contributed by atoms with van der Waals surface area (Å²) in [5.41, 5.74) is 0. The molecule has 1 N–H and O–H groups in total. The van der Waals surface area contributed by atoms with E-state index in [1.165, 1.54) is 13.2 Å². The molecule has 0 amide bonds. The zero-order valence-electron chi connectivity index (χ0n) is 8.33. The second-order valence-corrected chi connectivity index (χ2v) is 6.79. The highest BCUT2D eigenvalue weighted by Crippen LogP contribution is 2.44. The van der Waals surface area contributed by atoms with Crippen molar-refractivity contribution in [1.82, 2.24) is 10.1 Å². The van der Waals surface area contributed by atoms with Crippen LogP contribution in [0, 0.1) is 5.95 Å². The maximum atomic E-state index is 13.1. The number of hydrogen-bond acceptors (Lipinski definition) is 4. The van der Waals surface area contributed by atoms with E-state index in [2.05, 4.69) is 10.1 Å². The first-order valence-electron chi connectivity index (χ1n) is 3.98. The van der Waals surface area contributed by atoms with E-state index in [0.717, 1.165) is 0 Å². The van der Waals surface area contributed by atoms with Crippen LogP contribution in [0.25, 0.3) is 0 Å². The zero-order valence-corrected chi connectivity index (χ0v) is 11.6. The van der Waals surface area contributed by atoms with E-state index in [0.29, 0.717) is 0 Å². The quantitative estimate of drug-likeness (QED) is 0.684. The van der Waals surface area contributed by atoms with Crippen molar-refractivity contribution in [1.29, 1.82) is 0 Å². The third kappa shape index (κ3) is 3.26. The van der Waals surface area contributed by atoms with Crippen molar-refractivity contribution in [2.75, 3.05) is 14.2 Å².